The summed E-state index contributed by atoms with van der Waals surface area (Å²) in [6, 6.07) is 11.7. The van der Waals surface area contributed by atoms with E-state index in [9.17, 15) is 5.11 Å². The van der Waals surface area contributed by atoms with Crippen LogP contribution in [0.5, 0.6) is 5.75 Å². The van der Waals surface area contributed by atoms with Gasteiger partial charge in [-0.25, -0.2) is 0 Å². The van der Waals surface area contributed by atoms with Gasteiger partial charge in [-0.2, -0.15) is 0 Å². The summed E-state index contributed by atoms with van der Waals surface area (Å²) in [5.74, 6) is 0.934. The molecule has 0 radical (unpaired) electrons. The lowest BCUT2D eigenvalue weighted by Crippen LogP contribution is -2.05. The van der Waals surface area contributed by atoms with Crippen LogP contribution >= 0.6 is 31.9 Å². The van der Waals surface area contributed by atoms with Crippen LogP contribution in [0.4, 0.5) is 0 Å². The molecule has 0 saturated heterocycles. The number of halogens is 2. The van der Waals surface area contributed by atoms with Gasteiger partial charge in [0.1, 0.15) is 18.0 Å². The molecule has 20 heavy (non-hydrogen) atoms. The molecule has 2 aromatic rings. The van der Waals surface area contributed by atoms with Gasteiger partial charge in [0, 0.05) is 15.4 Å². The van der Waals surface area contributed by atoms with Crippen LogP contribution in [-0.2, 0) is 6.42 Å². The SMILES string of the molecule is CC1Cc2cc(C(O)c3cc(Br)cc(Br)c3)ccc2O1. The van der Waals surface area contributed by atoms with Gasteiger partial charge in [0.2, 0.25) is 0 Å². The van der Waals surface area contributed by atoms with E-state index in [1.807, 2.05) is 36.4 Å². The summed E-state index contributed by atoms with van der Waals surface area (Å²) in [6.07, 6.45) is 0.486. The van der Waals surface area contributed by atoms with Crippen molar-refractivity contribution in [3.63, 3.8) is 0 Å². The largest absolute Gasteiger partial charge is 0.490 e. The van der Waals surface area contributed by atoms with Gasteiger partial charge in [0.15, 0.2) is 0 Å². The third kappa shape index (κ3) is 2.78. The molecule has 2 nitrogen and oxygen atoms in total. The zero-order valence-corrected chi connectivity index (χ0v) is 14.1. The van der Waals surface area contributed by atoms with E-state index in [1.54, 1.807) is 0 Å². The second kappa shape index (κ2) is 5.51. The van der Waals surface area contributed by atoms with Crippen molar-refractivity contribution in [3.05, 3.63) is 62.0 Å². The number of fused-ring (bicyclic) bond motifs is 1. The molecule has 0 saturated carbocycles. The molecule has 1 aliphatic rings. The highest BCUT2D eigenvalue weighted by atomic mass is 79.9. The Morgan fingerprint density at radius 1 is 1.10 bits per heavy atom. The minimum Gasteiger partial charge on any atom is -0.490 e. The summed E-state index contributed by atoms with van der Waals surface area (Å²) in [7, 11) is 0. The molecular formula is C16H14Br2O2. The van der Waals surface area contributed by atoms with Gasteiger partial charge in [-0.15, -0.1) is 0 Å². The third-order valence-corrected chi connectivity index (χ3v) is 4.35. The first-order valence-corrected chi connectivity index (χ1v) is 8.05. The Morgan fingerprint density at radius 2 is 1.80 bits per heavy atom. The summed E-state index contributed by atoms with van der Waals surface area (Å²) in [4.78, 5) is 0. The molecule has 1 N–H and O–H groups in total. The van der Waals surface area contributed by atoms with Crippen molar-refractivity contribution in [3.8, 4) is 5.75 Å². The Labute approximate surface area is 135 Å². The monoisotopic (exact) mass is 396 g/mol. The average Bonchev–Trinajstić information content (AvgIpc) is 2.75. The quantitative estimate of drug-likeness (QED) is 0.801. The van der Waals surface area contributed by atoms with E-state index in [0.29, 0.717) is 0 Å². The lowest BCUT2D eigenvalue weighted by atomic mass is 9.98. The molecule has 0 aliphatic carbocycles. The van der Waals surface area contributed by atoms with Crippen LogP contribution in [0.3, 0.4) is 0 Å². The molecule has 0 bridgehead atoms. The van der Waals surface area contributed by atoms with Crippen molar-refractivity contribution in [1.82, 2.24) is 0 Å². The fourth-order valence-electron chi connectivity index (χ4n) is 2.54. The van der Waals surface area contributed by atoms with E-state index < -0.39 is 6.10 Å². The summed E-state index contributed by atoms with van der Waals surface area (Å²) in [5, 5.41) is 10.6. The normalized spacial score (nSPS) is 18.5. The summed E-state index contributed by atoms with van der Waals surface area (Å²) in [6.45, 7) is 2.06. The predicted molar refractivity (Wildman–Crippen MR) is 86.1 cm³/mol. The summed E-state index contributed by atoms with van der Waals surface area (Å²) < 4.78 is 7.58. The summed E-state index contributed by atoms with van der Waals surface area (Å²) in [5.41, 5.74) is 2.92. The van der Waals surface area contributed by atoms with Gasteiger partial charge >= 0.3 is 0 Å². The number of ether oxygens (including phenoxy) is 1. The minimum absolute atomic E-state index is 0.220. The van der Waals surface area contributed by atoms with Gasteiger partial charge in [-0.05, 0) is 53.9 Å². The number of rotatable bonds is 2. The lowest BCUT2D eigenvalue weighted by Gasteiger charge is -2.13. The topological polar surface area (TPSA) is 29.5 Å². The van der Waals surface area contributed by atoms with E-state index in [2.05, 4.69) is 38.8 Å². The van der Waals surface area contributed by atoms with Crippen LogP contribution in [0.1, 0.15) is 29.7 Å². The maximum Gasteiger partial charge on any atom is 0.123 e. The Kier molecular flexibility index (Phi) is 3.89. The minimum atomic E-state index is -0.634. The molecule has 1 aliphatic heterocycles. The standard InChI is InChI=1S/C16H14Br2O2/c1-9-4-11-5-10(2-3-15(11)20-9)16(19)12-6-13(17)8-14(18)7-12/h2-3,5-9,16,19H,4H2,1H3. The zero-order chi connectivity index (χ0) is 14.3. The molecule has 2 unspecified atom stereocenters. The molecular weight excluding hydrogens is 384 g/mol. The molecule has 3 rings (SSSR count). The van der Waals surface area contributed by atoms with E-state index in [4.69, 9.17) is 4.74 Å². The van der Waals surface area contributed by atoms with Gasteiger partial charge in [-0.3, -0.25) is 0 Å². The molecule has 0 fully saturated rings. The highest BCUT2D eigenvalue weighted by molar-refractivity contribution is 9.11. The van der Waals surface area contributed by atoms with Crippen molar-refractivity contribution >= 4 is 31.9 Å². The van der Waals surface area contributed by atoms with E-state index >= 15 is 0 Å². The van der Waals surface area contributed by atoms with Crippen LogP contribution in [0, 0.1) is 0 Å². The van der Waals surface area contributed by atoms with E-state index in [1.165, 1.54) is 5.56 Å². The van der Waals surface area contributed by atoms with Gasteiger partial charge in [0.25, 0.3) is 0 Å². The predicted octanol–water partition coefficient (Wildman–Crippen LogP) is 4.62. The van der Waals surface area contributed by atoms with Crippen molar-refractivity contribution in [2.45, 2.75) is 25.6 Å². The van der Waals surface area contributed by atoms with Crippen molar-refractivity contribution in [1.29, 1.82) is 0 Å². The number of hydrogen-bond donors (Lipinski definition) is 1. The Hall–Kier alpha value is -0.840. The fourth-order valence-corrected chi connectivity index (χ4v) is 3.87. The number of aliphatic hydroxyl groups is 1. The molecule has 104 valence electrons. The van der Waals surface area contributed by atoms with Crippen LogP contribution < -0.4 is 4.74 Å². The molecule has 1 heterocycles. The third-order valence-electron chi connectivity index (χ3n) is 3.44. The van der Waals surface area contributed by atoms with Crippen molar-refractivity contribution in [2.24, 2.45) is 0 Å². The maximum atomic E-state index is 10.6. The second-order valence-corrected chi connectivity index (χ2v) is 6.94. The number of benzene rings is 2. The Morgan fingerprint density at radius 3 is 2.50 bits per heavy atom. The lowest BCUT2D eigenvalue weighted by molar-refractivity contribution is 0.220. The van der Waals surface area contributed by atoms with Crippen LogP contribution in [0.15, 0.2) is 45.3 Å². The maximum absolute atomic E-state index is 10.6. The highest BCUT2D eigenvalue weighted by Crippen LogP contribution is 2.34. The first-order chi connectivity index (χ1) is 9.52. The molecule has 2 atom stereocenters. The van der Waals surface area contributed by atoms with Crippen LogP contribution in [0.25, 0.3) is 0 Å². The van der Waals surface area contributed by atoms with Crippen molar-refractivity contribution in [2.75, 3.05) is 0 Å². The first-order valence-electron chi connectivity index (χ1n) is 6.46. The van der Waals surface area contributed by atoms with Gasteiger partial charge in [-0.1, -0.05) is 37.9 Å². The molecule has 0 aromatic heterocycles. The number of aliphatic hydroxyl groups excluding tert-OH is 1. The zero-order valence-electron chi connectivity index (χ0n) is 10.9. The summed E-state index contributed by atoms with van der Waals surface area (Å²) >= 11 is 6.90. The van der Waals surface area contributed by atoms with E-state index in [0.717, 1.165) is 32.2 Å². The average molecular weight is 398 g/mol. The van der Waals surface area contributed by atoms with Gasteiger partial charge < -0.3 is 9.84 Å². The van der Waals surface area contributed by atoms with Crippen LogP contribution in [-0.4, -0.2) is 11.2 Å². The highest BCUT2D eigenvalue weighted by Gasteiger charge is 2.21. The molecule has 4 heteroatoms. The second-order valence-electron chi connectivity index (χ2n) is 5.11. The van der Waals surface area contributed by atoms with Crippen LogP contribution in [0.2, 0.25) is 0 Å². The van der Waals surface area contributed by atoms with Gasteiger partial charge in [0.05, 0.1) is 0 Å². The van der Waals surface area contributed by atoms with E-state index in [-0.39, 0.29) is 6.10 Å². The fraction of sp³-hybridized carbons (Fsp3) is 0.250. The molecule has 0 spiro atoms. The first kappa shape index (κ1) is 14.1. The molecule has 0 amide bonds. The number of hydrogen-bond acceptors (Lipinski definition) is 2. The Balaban J connectivity index is 1.95. The Bertz CT molecular complexity index is 635. The molecule has 2 aromatic carbocycles. The van der Waals surface area contributed by atoms with Crippen molar-refractivity contribution < 1.29 is 9.84 Å². The smallest absolute Gasteiger partial charge is 0.123 e.